The van der Waals surface area contributed by atoms with Crippen LogP contribution in [-0.4, -0.2) is 18.6 Å². The Morgan fingerprint density at radius 3 is 2.29 bits per heavy atom. The lowest BCUT2D eigenvalue weighted by atomic mass is 10.1. The third-order valence-electron chi connectivity index (χ3n) is 3.19. The molecular formula is C17H19IO3. The Hall–Kier alpha value is -1.27. The monoisotopic (exact) mass is 398 g/mol. The van der Waals surface area contributed by atoms with E-state index in [1.807, 2.05) is 42.5 Å². The largest absolute Gasteiger partial charge is 0.497 e. The van der Waals surface area contributed by atoms with Gasteiger partial charge in [0.05, 0.1) is 26.9 Å². The van der Waals surface area contributed by atoms with Gasteiger partial charge < -0.3 is 14.2 Å². The molecule has 0 saturated heterocycles. The van der Waals surface area contributed by atoms with Gasteiger partial charge in [-0.05, 0) is 35.4 Å². The molecule has 1 atom stereocenters. The van der Waals surface area contributed by atoms with Crippen LogP contribution in [0.2, 0.25) is 0 Å². The maximum absolute atomic E-state index is 6.04. The van der Waals surface area contributed by atoms with Crippen LogP contribution in [0.1, 0.15) is 17.2 Å². The van der Waals surface area contributed by atoms with Crippen LogP contribution in [0.5, 0.6) is 11.5 Å². The average Bonchev–Trinajstić information content (AvgIpc) is 2.56. The van der Waals surface area contributed by atoms with E-state index < -0.39 is 0 Å². The number of hydrogen-bond acceptors (Lipinski definition) is 3. The second-order valence-corrected chi connectivity index (χ2v) is 5.46. The average molecular weight is 398 g/mol. The van der Waals surface area contributed by atoms with Crippen LogP contribution in [0.3, 0.4) is 0 Å². The molecule has 0 fully saturated rings. The maximum Gasteiger partial charge on any atom is 0.119 e. The fourth-order valence-corrected chi connectivity index (χ4v) is 2.79. The Labute approximate surface area is 139 Å². The molecule has 0 aliphatic heterocycles. The Kier molecular flexibility index (Phi) is 6.32. The van der Waals surface area contributed by atoms with E-state index in [1.165, 1.54) is 0 Å². The normalized spacial score (nSPS) is 12.0. The van der Waals surface area contributed by atoms with Crippen LogP contribution >= 0.6 is 22.6 Å². The predicted octanol–water partition coefficient (Wildman–Crippen LogP) is 4.40. The summed E-state index contributed by atoms with van der Waals surface area (Å²) in [5.41, 5.74) is 2.23. The van der Waals surface area contributed by atoms with Crippen molar-refractivity contribution < 1.29 is 14.2 Å². The molecular weight excluding hydrogens is 379 g/mol. The van der Waals surface area contributed by atoms with Crippen LogP contribution in [-0.2, 0) is 11.3 Å². The van der Waals surface area contributed by atoms with Gasteiger partial charge in [0.1, 0.15) is 11.5 Å². The third-order valence-corrected chi connectivity index (χ3v) is 3.99. The molecule has 0 aliphatic carbocycles. The van der Waals surface area contributed by atoms with Crippen LogP contribution in [0.15, 0.2) is 48.5 Å². The zero-order chi connectivity index (χ0) is 15.1. The van der Waals surface area contributed by atoms with Gasteiger partial charge in [-0.1, -0.05) is 46.9 Å². The molecule has 0 heterocycles. The molecule has 0 saturated carbocycles. The van der Waals surface area contributed by atoms with Gasteiger partial charge >= 0.3 is 0 Å². The summed E-state index contributed by atoms with van der Waals surface area (Å²) in [4.78, 5) is 0. The minimum absolute atomic E-state index is 0.0481. The van der Waals surface area contributed by atoms with Crippen molar-refractivity contribution in [2.75, 3.05) is 18.6 Å². The first-order valence-corrected chi connectivity index (χ1v) is 8.24. The highest BCUT2D eigenvalue weighted by atomic mass is 127. The zero-order valence-electron chi connectivity index (χ0n) is 12.2. The minimum Gasteiger partial charge on any atom is -0.497 e. The highest BCUT2D eigenvalue weighted by molar-refractivity contribution is 14.1. The first kappa shape index (κ1) is 16.1. The summed E-state index contributed by atoms with van der Waals surface area (Å²) in [6.45, 7) is 0.558. The number of rotatable bonds is 7. The van der Waals surface area contributed by atoms with E-state index >= 15 is 0 Å². The topological polar surface area (TPSA) is 27.7 Å². The molecule has 0 bridgehead atoms. The molecule has 21 heavy (non-hydrogen) atoms. The molecule has 2 rings (SSSR count). The molecule has 3 nitrogen and oxygen atoms in total. The lowest BCUT2D eigenvalue weighted by molar-refractivity contribution is 0.0575. The number of halogens is 1. The number of benzene rings is 2. The third kappa shape index (κ3) is 4.61. The summed E-state index contributed by atoms with van der Waals surface area (Å²) < 4.78 is 17.4. The second kappa shape index (κ2) is 8.24. The quantitative estimate of drug-likeness (QED) is 0.511. The molecule has 0 spiro atoms. The lowest BCUT2D eigenvalue weighted by Crippen LogP contribution is -2.06. The maximum atomic E-state index is 6.04. The van der Waals surface area contributed by atoms with Gasteiger partial charge in [0.15, 0.2) is 0 Å². The van der Waals surface area contributed by atoms with E-state index in [1.54, 1.807) is 14.2 Å². The summed E-state index contributed by atoms with van der Waals surface area (Å²) in [6, 6.07) is 16.0. The molecule has 1 unspecified atom stereocenters. The van der Waals surface area contributed by atoms with Crippen molar-refractivity contribution in [2.24, 2.45) is 0 Å². The van der Waals surface area contributed by atoms with E-state index in [-0.39, 0.29) is 6.10 Å². The van der Waals surface area contributed by atoms with Crippen LogP contribution < -0.4 is 9.47 Å². The van der Waals surface area contributed by atoms with Gasteiger partial charge in [-0.15, -0.1) is 0 Å². The number of alkyl halides is 1. The number of methoxy groups -OCH3 is 2. The first-order chi connectivity index (χ1) is 10.3. The molecule has 0 aromatic heterocycles. The number of hydrogen-bond donors (Lipinski definition) is 0. The predicted molar refractivity (Wildman–Crippen MR) is 92.4 cm³/mol. The second-order valence-electron chi connectivity index (χ2n) is 4.58. The van der Waals surface area contributed by atoms with E-state index in [4.69, 9.17) is 14.2 Å². The van der Waals surface area contributed by atoms with Crippen LogP contribution in [0, 0.1) is 0 Å². The van der Waals surface area contributed by atoms with Crippen molar-refractivity contribution in [3.63, 3.8) is 0 Å². The van der Waals surface area contributed by atoms with Gasteiger partial charge in [-0.3, -0.25) is 0 Å². The molecule has 2 aromatic rings. The van der Waals surface area contributed by atoms with Crippen molar-refractivity contribution in [1.82, 2.24) is 0 Å². The van der Waals surface area contributed by atoms with Crippen molar-refractivity contribution >= 4 is 22.6 Å². The Bertz CT molecular complexity index is 571. The Morgan fingerprint density at radius 1 is 0.952 bits per heavy atom. The van der Waals surface area contributed by atoms with Gasteiger partial charge in [0, 0.05) is 4.43 Å². The zero-order valence-corrected chi connectivity index (χ0v) is 14.4. The molecule has 0 N–H and O–H groups in total. The summed E-state index contributed by atoms with van der Waals surface area (Å²) in [5.74, 6) is 1.70. The van der Waals surface area contributed by atoms with Crippen molar-refractivity contribution in [1.29, 1.82) is 0 Å². The van der Waals surface area contributed by atoms with E-state index in [0.717, 1.165) is 27.1 Å². The van der Waals surface area contributed by atoms with E-state index in [2.05, 4.69) is 28.7 Å². The fourth-order valence-electron chi connectivity index (χ4n) is 2.03. The summed E-state index contributed by atoms with van der Waals surface area (Å²) in [6.07, 6.45) is 0.0481. The van der Waals surface area contributed by atoms with Crippen LogP contribution in [0.4, 0.5) is 0 Å². The molecule has 0 aliphatic rings. The SMILES string of the molecule is COc1cccc(COC(CI)c2cccc(OC)c2)c1. The molecule has 0 radical (unpaired) electrons. The molecule has 2 aromatic carbocycles. The van der Waals surface area contributed by atoms with Gasteiger partial charge in [-0.2, -0.15) is 0 Å². The van der Waals surface area contributed by atoms with E-state index in [0.29, 0.717) is 6.61 Å². The van der Waals surface area contributed by atoms with Gasteiger partial charge in [0.2, 0.25) is 0 Å². The summed E-state index contributed by atoms with van der Waals surface area (Å²) >= 11 is 2.34. The molecule has 112 valence electrons. The number of ether oxygens (including phenoxy) is 3. The summed E-state index contributed by atoms with van der Waals surface area (Å²) in [7, 11) is 3.35. The Morgan fingerprint density at radius 2 is 1.62 bits per heavy atom. The van der Waals surface area contributed by atoms with Crippen LogP contribution in [0.25, 0.3) is 0 Å². The standard InChI is InChI=1S/C17H19IO3/c1-19-15-7-3-5-13(9-15)12-21-17(11-18)14-6-4-8-16(10-14)20-2/h3-10,17H,11-12H2,1-2H3. The fraction of sp³-hybridized carbons (Fsp3) is 0.294. The van der Waals surface area contributed by atoms with Gasteiger partial charge in [-0.25, -0.2) is 0 Å². The van der Waals surface area contributed by atoms with Gasteiger partial charge in [0.25, 0.3) is 0 Å². The van der Waals surface area contributed by atoms with Crippen molar-refractivity contribution in [3.05, 3.63) is 59.7 Å². The Balaban J connectivity index is 2.04. The van der Waals surface area contributed by atoms with Crippen molar-refractivity contribution in [3.8, 4) is 11.5 Å². The highest BCUT2D eigenvalue weighted by Gasteiger charge is 2.11. The smallest absolute Gasteiger partial charge is 0.119 e. The molecule has 0 amide bonds. The summed E-state index contributed by atoms with van der Waals surface area (Å²) in [5, 5.41) is 0. The first-order valence-electron chi connectivity index (χ1n) is 6.71. The minimum atomic E-state index is 0.0481. The van der Waals surface area contributed by atoms with E-state index in [9.17, 15) is 0 Å². The van der Waals surface area contributed by atoms with Crippen molar-refractivity contribution in [2.45, 2.75) is 12.7 Å². The molecule has 4 heteroatoms. The highest BCUT2D eigenvalue weighted by Crippen LogP contribution is 2.25. The lowest BCUT2D eigenvalue weighted by Gasteiger charge is -2.17.